The molecule has 124 valence electrons. The van der Waals surface area contributed by atoms with Gasteiger partial charge in [0.15, 0.2) is 0 Å². The van der Waals surface area contributed by atoms with Crippen LogP contribution in [0, 0.1) is 0 Å². The second-order valence-electron chi connectivity index (χ2n) is 4.92. The fourth-order valence-corrected chi connectivity index (χ4v) is 2.61. The van der Waals surface area contributed by atoms with E-state index in [-0.39, 0.29) is 10.9 Å². The van der Waals surface area contributed by atoms with Gasteiger partial charge in [-0.25, -0.2) is 4.98 Å². The largest absolute Gasteiger partial charge is 0.480 e. The highest BCUT2D eigenvalue weighted by Crippen LogP contribution is 2.12. The third kappa shape index (κ3) is 6.14. The molecule has 1 aromatic heterocycles. The zero-order valence-corrected chi connectivity index (χ0v) is 13.4. The van der Waals surface area contributed by atoms with Gasteiger partial charge in [-0.05, 0) is 19.5 Å². The molecule has 1 unspecified atom stereocenters. The number of hydrogen-bond donors (Lipinski definition) is 4. The molecule has 8 nitrogen and oxygen atoms in total. The molecule has 1 heterocycles. The molecule has 0 amide bonds. The number of nitrogens with one attached hydrogen (secondary N) is 1. The molecule has 0 aromatic carbocycles. The van der Waals surface area contributed by atoms with E-state index in [0.717, 1.165) is 23.9 Å². The summed E-state index contributed by atoms with van der Waals surface area (Å²) < 4.78 is 1.85. The van der Waals surface area contributed by atoms with Crippen LogP contribution in [0.25, 0.3) is 0 Å². The van der Waals surface area contributed by atoms with Crippen molar-refractivity contribution in [3.63, 3.8) is 0 Å². The summed E-state index contributed by atoms with van der Waals surface area (Å²) in [4.78, 5) is 27.0. The van der Waals surface area contributed by atoms with Crippen molar-refractivity contribution in [2.75, 3.05) is 18.8 Å². The summed E-state index contributed by atoms with van der Waals surface area (Å²) in [5.41, 5.74) is 11.8. The number of carboxylic acid groups (broad SMARTS) is 1. The molecule has 0 aliphatic carbocycles. The van der Waals surface area contributed by atoms with Crippen LogP contribution in [0.2, 0.25) is 0 Å². The average molecular weight is 329 g/mol. The lowest BCUT2D eigenvalue weighted by molar-refractivity contribution is -0.137. The molecule has 0 aliphatic rings. The summed E-state index contributed by atoms with van der Waals surface area (Å²) in [5, 5.41) is 11.8. The average Bonchev–Trinajstić information content (AvgIpc) is 2.88. The van der Waals surface area contributed by atoms with Crippen LogP contribution in [0.3, 0.4) is 0 Å². The first-order valence-corrected chi connectivity index (χ1v) is 7.98. The standard InChI is InChI=1S/C13H23N5O3S/c1-18-8-16-6-9(18)5-11(17-4-2-3-14)13(21)22-7-10(15)12(19)20/h6,8,10-11,17H,2-5,7,14-15H2,1H3,(H,19,20)/t10?,11-/m0/s1. The highest BCUT2D eigenvalue weighted by Gasteiger charge is 2.22. The van der Waals surface area contributed by atoms with Gasteiger partial charge >= 0.3 is 5.97 Å². The Bertz CT molecular complexity index is 494. The molecule has 1 aromatic rings. The fraction of sp³-hybridized carbons (Fsp3) is 0.615. The third-order valence-electron chi connectivity index (χ3n) is 3.11. The number of carbonyl (C=O) groups is 2. The van der Waals surface area contributed by atoms with Gasteiger partial charge in [0.05, 0.1) is 12.4 Å². The number of hydrogen-bond acceptors (Lipinski definition) is 7. The van der Waals surface area contributed by atoms with E-state index >= 15 is 0 Å². The van der Waals surface area contributed by atoms with Crippen LogP contribution in [0.15, 0.2) is 12.5 Å². The maximum absolute atomic E-state index is 12.3. The number of aliphatic carboxylic acids is 1. The minimum absolute atomic E-state index is 0.0502. The van der Waals surface area contributed by atoms with Crippen LogP contribution in [0.1, 0.15) is 12.1 Å². The first kappa shape index (κ1) is 18.6. The van der Waals surface area contributed by atoms with Gasteiger partial charge in [0.2, 0.25) is 5.12 Å². The zero-order chi connectivity index (χ0) is 16.5. The van der Waals surface area contributed by atoms with Crippen molar-refractivity contribution in [1.29, 1.82) is 0 Å². The van der Waals surface area contributed by atoms with Crippen LogP contribution >= 0.6 is 11.8 Å². The lowest BCUT2D eigenvalue weighted by atomic mass is 10.2. The van der Waals surface area contributed by atoms with Gasteiger partial charge in [0, 0.05) is 31.1 Å². The Kier molecular flexibility index (Phi) is 8.10. The molecule has 2 atom stereocenters. The number of aromatic nitrogens is 2. The number of carbonyl (C=O) groups excluding carboxylic acids is 1. The molecule has 22 heavy (non-hydrogen) atoms. The van der Waals surface area contributed by atoms with Gasteiger partial charge < -0.3 is 26.5 Å². The van der Waals surface area contributed by atoms with E-state index in [4.69, 9.17) is 16.6 Å². The minimum atomic E-state index is -1.11. The molecule has 0 fully saturated rings. The first-order valence-electron chi connectivity index (χ1n) is 6.99. The van der Waals surface area contributed by atoms with Crippen molar-refractivity contribution < 1.29 is 14.7 Å². The Labute approximate surface area is 133 Å². The molecular weight excluding hydrogens is 306 g/mol. The molecule has 0 saturated heterocycles. The van der Waals surface area contributed by atoms with E-state index < -0.39 is 18.1 Å². The number of imidazole rings is 1. The number of nitrogens with zero attached hydrogens (tertiary/aromatic N) is 2. The number of carboxylic acids is 1. The Balaban J connectivity index is 2.61. The smallest absolute Gasteiger partial charge is 0.321 e. The number of nitrogens with two attached hydrogens (primary N) is 2. The second-order valence-corrected chi connectivity index (χ2v) is 5.95. The van der Waals surface area contributed by atoms with Crippen LogP contribution in [-0.4, -0.2) is 56.7 Å². The van der Waals surface area contributed by atoms with Crippen LogP contribution in [0.4, 0.5) is 0 Å². The topological polar surface area (TPSA) is 136 Å². The zero-order valence-electron chi connectivity index (χ0n) is 12.6. The molecule has 0 spiro atoms. The van der Waals surface area contributed by atoms with Crippen LogP contribution in [0.5, 0.6) is 0 Å². The van der Waals surface area contributed by atoms with Gasteiger partial charge in [-0.3, -0.25) is 9.59 Å². The summed E-state index contributed by atoms with van der Waals surface area (Å²) in [7, 11) is 1.86. The van der Waals surface area contributed by atoms with E-state index in [1.807, 2.05) is 11.6 Å². The summed E-state index contributed by atoms with van der Waals surface area (Å²) in [6.07, 6.45) is 4.62. The van der Waals surface area contributed by atoms with Gasteiger partial charge in [-0.2, -0.15) is 0 Å². The van der Waals surface area contributed by atoms with Gasteiger partial charge in [0.25, 0.3) is 0 Å². The summed E-state index contributed by atoms with van der Waals surface area (Å²) in [5.74, 6) is -1.06. The Morgan fingerprint density at radius 1 is 1.55 bits per heavy atom. The predicted octanol–water partition coefficient (Wildman–Crippen LogP) is -1.06. The quantitative estimate of drug-likeness (QED) is 0.399. The summed E-state index contributed by atoms with van der Waals surface area (Å²) in [6.45, 7) is 1.16. The molecule has 6 N–H and O–H groups in total. The lowest BCUT2D eigenvalue weighted by Crippen LogP contribution is -2.40. The van der Waals surface area contributed by atoms with E-state index in [9.17, 15) is 9.59 Å². The van der Waals surface area contributed by atoms with E-state index in [1.54, 1.807) is 12.5 Å². The van der Waals surface area contributed by atoms with Crippen LogP contribution in [-0.2, 0) is 23.1 Å². The van der Waals surface area contributed by atoms with E-state index in [1.165, 1.54) is 0 Å². The number of aryl methyl sites for hydroxylation is 1. The molecule has 9 heteroatoms. The molecular formula is C13H23N5O3S. The van der Waals surface area contributed by atoms with E-state index in [2.05, 4.69) is 10.3 Å². The lowest BCUT2D eigenvalue weighted by Gasteiger charge is -2.18. The molecule has 1 rings (SSSR count). The van der Waals surface area contributed by atoms with Gasteiger partial charge in [0.1, 0.15) is 6.04 Å². The highest BCUT2D eigenvalue weighted by atomic mass is 32.2. The second kappa shape index (κ2) is 9.57. The Morgan fingerprint density at radius 2 is 2.27 bits per heavy atom. The monoisotopic (exact) mass is 329 g/mol. The van der Waals surface area contributed by atoms with Gasteiger partial charge in [-0.1, -0.05) is 11.8 Å². The van der Waals surface area contributed by atoms with Crippen molar-refractivity contribution in [3.05, 3.63) is 18.2 Å². The fourth-order valence-electron chi connectivity index (χ4n) is 1.75. The van der Waals surface area contributed by atoms with Crippen molar-refractivity contribution in [1.82, 2.24) is 14.9 Å². The SMILES string of the molecule is Cn1cncc1C[C@H](NCCCN)C(=O)SCC(N)C(=O)O. The first-order chi connectivity index (χ1) is 10.5. The maximum Gasteiger partial charge on any atom is 0.321 e. The maximum atomic E-state index is 12.3. The molecule has 0 radical (unpaired) electrons. The molecule has 0 bridgehead atoms. The third-order valence-corrected chi connectivity index (χ3v) is 4.20. The Hall–Kier alpha value is -1.42. The van der Waals surface area contributed by atoms with Crippen molar-refractivity contribution in [3.8, 4) is 0 Å². The summed E-state index contributed by atoms with van der Waals surface area (Å²) in [6, 6.07) is -1.47. The molecule has 0 saturated carbocycles. The predicted molar refractivity (Wildman–Crippen MR) is 85.5 cm³/mol. The van der Waals surface area contributed by atoms with Crippen LogP contribution < -0.4 is 16.8 Å². The summed E-state index contributed by atoms with van der Waals surface area (Å²) >= 11 is 0.939. The normalized spacial score (nSPS) is 13.8. The van der Waals surface area contributed by atoms with E-state index in [0.29, 0.717) is 19.5 Å². The minimum Gasteiger partial charge on any atom is -0.480 e. The Morgan fingerprint density at radius 3 is 2.82 bits per heavy atom. The van der Waals surface area contributed by atoms with Gasteiger partial charge in [-0.15, -0.1) is 0 Å². The van der Waals surface area contributed by atoms with Crippen molar-refractivity contribution >= 4 is 22.8 Å². The number of rotatable bonds is 10. The number of thioether (sulfide) groups is 1. The highest BCUT2D eigenvalue weighted by molar-refractivity contribution is 8.13. The van der Waals surface area contributed by atoms with Crippen molar-refractivity contribution in [2.24, 2.45) is 18.5 Å². The molecule has 0 aliphatic heterocycles. The van der Waals surface area contributed by atoms with Crippen molar-refractivity contribution in [2.45, 2.75) is 24.9 Å².